The molecule has 0 heterocycles. The van der Waals surface area contributed by atoms with E-state index in [2.05, 4.69) is 34.8 Å². The Morgan fingerprint density at radius 1 is 0.744 bits per heavy atom. The minimum absolute atomic E-state index is 0.160. The van der Waals surface area contributed by atoms with Crippen molar-refractivity contribution in [3.8, 4) is 28.7 Å². The Labute approximate surface area is 250 Å². The van der Waals surface area contributed by atoms with Gasteiger partial charge in [-0.2, -0.15) is 5.10 Å². The predicted octanol–water partition coefficient (Wildman–Crippen LogP) is 5.40. The lowest BCUT2D eigenvalue weighted by atomic mass is 9.85. The van der Waals surface area contributed by atoms with Crippen molar-refractivity contribution < 1.29 is 33.3 Å². The molecule has 0 radical (unpaired) electrons. The van der Waals surface area contributed by atoms with Crippen LogP contribution in [-0.4, -0.2) is 46.5 Å². The van der Waals surface area contributed by atoms with Gasteiger partial charge in [0.05, 0.1) is 46.1 Å². The Balaban J connectivity index is 1.28. The largest absolute Gasteiger partial charge is 0.493 e. The molecule has 1 unspecified atom stereocenters. The molecule has 9 heteroatoms. The fourth-order valence-corrected chi connectivity index (χ4v) is 5.31. The second-order valence-electron chi connectivity index (χ2n) is 9.91. The molecular formula is C34H32N2O7. The van der Waals surface area contributed by atoms with E-state index in [0.717, 1.165) is 11.1 Å². The number of nitrogens with one attached hydrogen (secondary N) is 1. The summed E-state index contributed by atoms with van der Waals surface area (Å²) in [7, 11) is 5.88. The van der Waals surface area contributed by atoms with Crippen LogP contribution in [0.1, 0.15) is 33.5 Å². The molecule has 9 nitrogen and oxygen atoms in total. The number of hydrazone groups is 1. The summed E-state index contributed by atoms with van der Waals surface area (Å²) in [6.07, 6.45) is 2.21. The van der Waals surface area contributed by atoms with Gasteiger partial charge in [-0.25, -0.2) is 10.2 Å². The molecule has 43 heavy (non-hydrogen) atoms. The van der Waals surface area contributed by atoms with Crippen molar-refractivity contribution in [1.29, 1.82) is 0 Å². The summed E-state index contributed by atoms with van der Waals surface area (Å²) in [5.74, 6) is 0.475. The molecule has 4 aromatic carbocycles. The Hall–Kier alpha value is -5.31. The molecular weight excluding hydrogens is 548 g/mol. The minimum Gasteiger partial charge on any atom is -0.493 e. The van der Waals surface area contributed by atoms with Crippen LogP contribution in [0.5, 0.6) is 28.7 Å². The lowest BCUT2D eigenvalue weighted by Crippen LogP contribution is -2.25. The van der Waals surface area contributed by atoms with E-state index < -0.39 is 5.97 Å². The summed E-state index contributed by atoms with van der Waals surface area (Å²) < 4.78 is 27.0. The van der Waals surface area contributed by atoms with Crippen molar-refractivity contribution in [2.45, 2.75) is 11.8 Å². The Morgan fingerprint density at radius 3 is 1.86 bits per heavy atom. The van der Waals surface area contributed by atoms with Gasteiger partial charge in [-0.15, -0.1) is 0 Å². The van der Waals surface area contributed by atoms with Crippen molar-refractivity contribution in [2.75, 3.05) is 28.4 Å². The maximum absolute atomic E-state index is 13.2. The highest BCUT2D eigenvalue weighted by Crippen LogP contribution is 2.58. The van der Waals surface area contributed by atoms with Gasteiger partial charge in [0.25, 0.3) is 0 Å². The molecule has 1 atom stereocenters. The first-order valence-electron chi connectivity index (χ1n) is 13.6. The number of hydrogen-bond acceptors (Lipinski definition) is 8. The summed E-state index contributed by atoms with van der Waals surface area (Å²) in [6.45, 7) is 0. The van der Waals surface area contributed by atoms with E-state index in [0.29, 0.717) is 35.0 Å². The molecule has 0 aliphatic heterocycles. The highest BCUT2D eigenvalue weighted by molar-refractivity contribution is 5.93. The second-order valence-corrected chi connectivity index (χ2v) is 9.91. The predicted molar refractivity (Wildman–Crippen MR) is 162 cm³/mol. The number of methoxy groups -OCH3 is 4. The molecule has 4 aromatic rings. The van der Waals surface area contributed by atoms with Gasteiger partial charge in [0.1, 0.15) is 0 Å². The summed E-state index contributed by atoms with van der Waals surface area (Å²) in [5, 5.41) is 4.20. The average Bonchev–Trinajstić information content (AvgIpc) is 3.82. The zero-order chi connectivity index (χ0) is 30.4. The van der Waals surface area contributed by atoms with Crippen molar-refractivity contribution >= 4 is 18.1 Å². The van der Waals surface area contributed by atoms with Gasteiger partial charge >= 0.3 is 5.97 Å². The lowest BCUT2D eigenvalue weighted by molar-refractivity contribution is -0.122. The van der Waals surface area contributed by atoms with Crippen LogP contribution in [0, 0.1) is 5.92 Å². The summed E-state index contributed by atoms with van der Waals surface area (Å²) in [4.78, 5) is 26.2. The quantitative estimate of drug-likeness (QED) is 0.110. The van der Waals surface area contributed by atoms with Crippen LogP contribution in [-0.2, 0) is 10.2 Å². The number of hydrogen-bond donors (Lipinski definition) is 1. The number of esters is 1. The molecule has 0 saturated heterocycles. The molecule has 0 bridgehead atoms. The van der Waals surface area contributed by atoms with Crippen molar-refractivity contribution in [1.82, 2.24) is 5.43 Å². The van der Waals surface area contributed by atoms with Crippen LogP contribution >= 0.6 is 0 Å². The summed E-state index contributed by atoms with van der Waals surface area (Å²) in [6, 6.07) is 28.1. The van der Waals surface area contributed by atoms with Gasteiger partial charge in [-0.1, -0.05) is 60.7 Å². The van der Waals surface area contributed by atoms with Crippen LogP contribution in [0.2, 0.25) is 0 Å². The number of nitrogens with zero attached hydrogens (tertiary/aromatic N) is 1. The van der Waals surface area contributed by atoms with Crippen LogP contribution in [0.4, 0.5) is 0 Å². The molecule has 1 amide bonds. The third-order valence-corrected chi connectivity index (χ3v) is 7.53. The number of rotatable bonds is 11. The maximum atomic E-state index is 13.2. The number of carbonyl (C=O) groups is 2. The van der Waals surface area contributed by atoms with Crippen molar-refractivity contribution in [3.05, 3.63) is 113 Å². The smallest absolute Gasteiger partial charge is 0.343 e. The SMILES string of the molecule is COc1cc(C=NNC(=O)C2CC2(c2ccccc2)c2ccccc2)ccc1OC(=O)c1cc(OC)c(OC)c(OC)c1. The van der Waals surface area contributed by atoms with E-state index >= 15 is 0 Å². The molecule has 0 spiro atoms. The number of ether oxygens (including phenoxy) is 5. The van der Waals surface area contributed by atoms with E-state index in [-0.39, 0.29) is 28.6 Å². The summed E-state index contributed by atoms with van der Waals surface area (Å²) in [5.41, 5.74) is 5.36. The zero-order valence-electron chi connectivity index (χ0n) is 24.3. The fourth-order valence-electron chi connectivity index (χ4n) is 5.31. The first kappa shape index (κ1) is 29.2. The van der Waals surface area contributed by atoms with Crippen LogP contribution in [0.3, 0.4) is 0 Å². The van der Waals surface area contributed by atoms with Gasteiger partial charge in [-0.3, -0.25) is 4.79 Å². The molecule has 1 aliphatic rings. The number of carbonyl (C=O) groups excluding carboxylic acids is 2. The maximum Gasteiger partial charge on any atom is 0.343 e. The van der Waals surface area contributed by atoms with Gasteiger partial charge in [0, 0.05) is 5.41 Å². The van der Waals surface area contributed by atoms with Crippen molar-refractivity contribution in [2.24, 2.45) is 11.0 Å². The normalized spacial score (nSPS) is 14.9. The number of benzene rings is 4. The van der Waals surface area contributed by atoms with E-state index in [9.17, 15) is 9.59 Å². The monoisotopic (exact) mass is 580 g/mol. The molecule has 1 aliphatic carbocycles. The third kappa shape index (κ3) is 5.88. The Bertz CT molecular complexity index is 1570. The third-order valence-electron chi connectivity index (χ3n) is 7.53. The average molecular weight is 581 g/mol. The fraction of sp³-hybridized carbons (Fsp3) is 0.206. The molecule has 5 rings (SSSR count). The van der Waals surface area contributed by atoms with Gasteiger partial charge in [0.2, 0.25) is 11.7 Å². The van der Waals surface area contributed by atoms with E-state index in [4.69, 9.17) is 23.7 Å². The molecule has 1 fully saturated rings. The topological polar surface area (TPSA) is 105 Å². The first-order chi connectivity index (χ1) is 20.9. The Kier molecular flexibility index (Phi) is 8.61. The zero-order valence-corrected chi connectivity index (χ0v) is 24.3. The second kappa shape index (κ2) is 12.7. The van der Waals surface area contributed by atoms with Crippen molar-refractivity contribution in [3.63, 3.8) is 0 Å². The van der Waals surface area contributed by atoms with Crippen LogP contribution < -0.4 is 29.1 Å². The first-order valence-corrected chi connectivity index (χ1v) is 13.6. The lowest BCUT2D eigenvalue weighted by Gasteiger charge is -2.18. The van der Waals surface area contributed by atoms with E-state index in [1.165, 1.54) is 46.8 Å². The Morgan fingerprint density at radius 2 is 1.33 bits per heavy atom. The molecule has 1 saturated carbocycles. The van der Waals surface area contributed by atoms with Gasteiger partial charge < -0.3 is 23.7 Å². The van der Waals surface area contributed by atoms with Crippen LogP contribution in [0.15, 0.2) is 96.1 Å². The van der Waals surface area contributed by atoms with E-state index in [1.54, 1.807) is 18.2 Å². The standard InChI is InChI=1S/C34H32N2O7/c1-39-28-17-22(15-16-27(28)43-33(38)23-18-29(40-2)31(42-4)30(19-23)41-3)21-35-36-32(37)26-20-34(26,24-11-7-5-8-12-24)25-13-9-6-10-14-25/h5-19,21,26H,20H2,1-4H3,(H,36,37). The van der Waals surface area contributed by atoms with Crippen LogP contribution in [0.25, 0.3) is 0 Å². The van der Waals surface area contributed by atoms with Gasteiger partial charge in [-0.05, 0) is 53.4 Å². The molecule has 220 valence electrons. The number of amides is 1. The highest BCUT2D eigenvalue weighted by atomic mass is 16.6. The summed E-state index contributed by atoms with van der Waals surface area (Å²) >= 11 is 0. The van der Waals surface area contributed by atoms with Gasteiger partial charge in [0.15, 0.2) is 23.0 Å². The molecule has 1 N–H and O–H groups in total. The highest BCUT2D eigenvalue weighted by Gasteiger charge is 2.60. The minimum atomic E-state index is -0.643. The molecule has 0 aromatic heterocycles. The van der Waals surface area contributed by atoms with E-state index in [1.807, 2.05) is 36.4 Å².